The molecule has 3 aromatic rings. The van der Waals surface area contributed by atoms with Crippen LogP contribution in [0.15, 0.2) is 40.4 Å². The van der Waals surface area contributed by atoms with Gasteiger partial charge < -0.3 is 15.0 Å². The number of aromatic amines is 1. The van der Waals surface area contributed by atoms with Crippen LogP contribution in [0.1, 0.15) is 19.4 Å². The van der Waals surface area contributed by atoms with Crippen molar-refractivity contribution in [2.75, 3.05) is 32.6 Å². The van der Waals surface area contributed by atoms with E-state index in [0.717, 1.165) is 17.3 Å². The predicted octanol–water partition coefficient (Wildman–Crippen LogP) is 1.71. The Labute approximate surface area is 173 Å². The zero-order valence-corrected chi connectivity index (χ0v) is 17.8. The molecule has 0 unspecified atom stereocenters. The molecule has 3 aromatic heterocycles. The number of pyridine rings is 2. The van der Waals surface area contributed by atoms with Gasteiger partial charge in [0.05, 0.1) is 30.0 Å². The summed E-state index contributed by atoms with van der Waals surface area (Å²) in [5.74, 6) is 0.737. The molecule has 11 heteroatoms. The zero-order chi connectivity index (χ0) is 21.5. The summed E-state index contributed by atoms with van der Waals surface area (Å²) in [4.78, 5) is 19.3. The number of rotatable bonds is 5. The van der Waals surface area contributed by atoms with Gasteiger partial charge in [-0.15, -0.1) is 0 Å². The first-order valence-electron chi connectivity index (χ1n) is 9.62. The Balaban J connectivity index is 1.72. The molecule has 0 spiro atoms. The Morgan fingerprint density at radius 2 is 2.10 bits per heavy atom. The van der Waals surface area contributed by atoms with Crippen LogP contribution in [-0.2, 0) is 14.8 Å². The number of nitrogens with zero attached hydrogens (tertiary/aromatic N) is 4. The molecule has 0 aliphatic carbocycles. The fourth-order valence-electron chi connectivity index (χ4n) is 3.51. The number of fused-ring (bicyclic) bond motifs is 1. The summed E-state index contributed by atoms with van der Waals surface area (Å²) in [6.07, 6.45) is 3.93. The molecule has 0 saturated carbocycles. The van der Waals surface area contributed by atoms with E-state index in [2.05, 4.69) is 27.3 Å². The van der Waals surface area contributed by atoms with Crippen LogP contribution in [0.5, 0.6) is 0 Å². The summed E-state index contributed by atoms with van der Waals surface area (Å²) in [6, 6.07) is 4.85. The summed E-state index contributed by atoms with van der Waals surface area (Å²) in [7, 11) is -0.721. The van der Waals surface area contributed by atoms with Gasteiger partial charge in [-0.25, -0.2) is 17.7 Å². The molecule has 2 atom stereocenters. The first-order chi connectivity index (χ1) is 14.3. The van der Waals surface area contributed by atoms with Crippen molar-refractivity contribution in [1.29, 1.82) is 0 Å². The molecule has 30 heavy (non-hydrogen) atoms. The molecule has 1 saturated heterocycles. The highest BCUT2D eigenvalue weighted by molar-refractivity contribution is 7.89. The van der Waals surface area contributed by atoms with Gasteiger partial charge in [-0.1, -0.05) is 6.92 Å². The minimum atomic E-state index is -3.62. The third kappa shape index (κ3) is 3.59. The topological polar surface area (TPSA) is 122 Å². The van der Waals surface area contributed by atoms with Crippen LogP contribution in [0.4, 0.5) is 11.5 Å². The Hall–Kier alpha value is -2.76. The Morgan fingerprint density at radius 3 is 2.77 bits per heavy atom. The average Bonchev–Trinajstić information content (AvgIpc) is 3.08. The lowest BCUT2D eigenvalue weighted by Crippen LogP contribution is -2.29. The van der Waals surface area contributed by atoms with Crippen LogP contribution in [-0.4, -0.2) is 59.8 Å². The summed E-state index contributed by atoms with van der Waals surface area (Å²) < 4.78 is 33.0. The van der Waals surface area contributed by atoms with Gasteiger partial charge in [0.25, 0.3) is 15.6 Å². The number of aromatic nitrogens is 4. The van der Waals surface area contributed by atoms with E-state index in [0.29, 0.717) is 34.9 Å². The lowest BCUT2D eigenvalue weighted by atomic mass is 9.97. The van der Waals surface area contributed by atoms with Crippen LogP contribution >= 0.6 is 0 Å². The maximum absolute atomic E-state index is 12.5. The second-order valence-electron chi connectivity index (χ2n) is 7.57. The molecule has 10 nitrogen and oxygen atoms in total. The lowest BCUT2D eigenvalue weighted by molar-refractivity contribution is 0.0255. The van der Waals surface area contributed by atoms with Gasteiger partial charge in [-0.3, -0.25) is 9.48 Å². The maximum Gasteiger partial charge on any atom is 0.261 e. The summed E-state index contributed by atoms with van der Waals surface area (Å²) in [5.41, 5.74) is 0.976. The average molecular weight is 433 g/mol. The minimum absolute atomic E-state index is 0.0179. The Bertz CT molecular complexity index is 1220. The molecule has 0 aromatic carbocycles. The molecular formula is C19H24N6O4S. The van der Waals surface area contributed by atoms with Gasteiger partial charge in [-0.05, 0) is 30.5 Å². The van der Waals surface area contributed by atoms with Crippen molar-refractivity contribution in [2.24, 2.45) is 5.92 Å². The van der Waals surface area contributed by atoms with E-state index in [9.17, 15) is 13.2 Å². The van der Waals surface area contributed by atoms with Crippen molar-refractivity contribution in [3.05, 3.63) is 40.9 Å². The van der Waals surface area contributed by atoms with Crippen LogP contribution in [0.2, 0.25) is 0 Å². The summed E-state index contributed by atoms with van der Waals surface area (Å²) in [6.45, 7) is 3.40. The number of anilines is 2. The molecule has 2 N–H and O–H groups in total. The maximum atomic E-state index is 12.5. The van der Waals surface area contributed by atoms with E-state index in [1.165, 1.54) is 26.4 Å². The molecule has 0 bridgehead atoms. The van der Waals surface area contributed by atoms with Crippen LogP contribution in [0, 0.1) is 5.92 Å². The van der Waals surface area contributed by atoms with Gasteiger partial charge in [0, 0.05) is 26.9 Å². The van der Waals surface area contributed by atoms with Crippen molar-refractivity contribution in [3.63, 3.8) is 0 Å². The molecule has 160 valence electrons. The van der Waals surface area contributed by atoms with Gasteiger partial charge in [0.1, 0.15) is 5.39 Å². The van der Waals surface area contributed by atoms with E-state index < -0.39 is 10.0 Å². The molecule has 1 fully saturated rings. The second-order valence-corrected chi connectivity index (χ2v) is 9.66. The molecular weight excluding hydrogens is 408 g/mol. The highest BCUT2D eigenvalue weighted by Gasteiger charge is 2.27. The van der Waals surface area contributed by atoms with Crippen molar-refractivity contribution in [1.82, 2.24) is 24.1 Å². The highest BCUT2D eigenvalue weighted by atomic mass is 32.2. The normalized spacial score (nSPS) is 20.0. The first-order valence-corrected chi connectivity index (χ1v) is 11.1. The number of nitrogens with one attached hydrogen (secondary N) is 2. The highest BCUT2D eigenvalue weighted by Crippen LogP contribution is 2.31. The van der Waals surface area contributed by atoms with Gasteiger partial charge in [0.15, 0.2) is 10.8 Å². The molecule has 1 aliphatic heterocycles. The zero-order valence-electron chi connectivity index (χ0n) is 17.0. The number of H-pyrrole nitrogens is 1. The van der Waals surface area contributed by atoms with E-state index in [1.54, 1.807) is 12.3 Å². The minimum Gasteiger partial charge on any atom is -0.379 e. The lowest BCUT2D eigenvalue weighted by Gasteiger charge is -2.29. The van der Waals surface area contributed by atoms with Crippen LogP contribution < -0.4 is 10.9 Å². The van der Waals surface area contributed by atoms with Crippen LogP contribution in [0.25, 0.3) is 10.9 Å². The standard InChI is InChI=1S/C19H24N6O4S/c1-12-7-9-29-11-15(12)25-14-6-8-20-19(26)17(14)18(23-25)22-13-4-5-16(21-10-13)30(27,28)24(2)3/h4-6,8,10,12,15H,7,9,11H2,1-3H3,(H,20,26)(H,22,23)/t12-,15-/m0/s1. The quantitative estimate of drug-likeness (QED) is 0.629. The van der Waals surface area contributed by atoms with E-state index >= 15 is 0 Å². The number of sulfonamides is 1. The first kappa shape index (κ1) is 20.5. The fourth-order valence-corrected chi connectivity index (χ4v) is 4.31. The van der Waals surface area contributed by atoms with E-state index in [-0.39, 0.29) is 16.6 Å². The third-order valence-electron chi connectivity index (χ3n) is 5.35. The largest absolute Gasteiger partial charge is 0.379 e. The smallest absolute Gasteiger partial charge is 0.261 e. The van der Waals surface area contributed by atoms with Crippen molar-refractivity contribution < 1.29 is 13.2 Å². The van der Waals surface area contributed by atoms with Gasteiger partial charge in [-0.2, -0.15) is 5.10 Å². The SMILES string of the molecule is C[C@H]1CCOC[C@@H]1n1nc(Nc2ccc(S(=O)(=O)N(C)C)nc2)c2c(=O)[nH]ccc21. The Kier molecular flexibility index (Phi) is 5.35. The van der Waals surface area contributed by atoms with Crippen molar-refractivity contribution in [2.45, 2.75) is 24.4 Å². The third-order valence-corrected chi connectivity index (χ3v) is 7.08. The van der Waals surface area contributed by atoms with Crippen LogP contribution in [0.3, 0.4) is 0 Å². The van der Waals surface area contributed by atoms with Gasteiger partial charge >= 0.3 is 0 Å². The predicted molar refractivity (Wildman–Crippen MR) is 112 cm³/mol. The van der Waals surface area contributed by atoms with Crippen molar-refractivity contribution >= 4 is 32.4 Å². The molecule has 4 rings (SSSR count). The van der Waals surface area contributed by atoms with E-state index in [1.807, 2.05) is 10.7 Å². The fraction of sp³-hybridized carbons (Fsp3) is 0.421. The number of hydrogen-bond acceptors (Lipinski definition) is 7. The molecule has 0 amide bonds. The van der Waals surface area contributed by atoms with Crippen molar-refractivity contribution in [3.8, 4) is 0 Å². The molecule has 0 radical (unpaired) electrons. The molecule has 1 aliphatic rings. The van der Waals surface area contributed by atoms with Gasteiger partial charge in [0.2, 0.25) is 0 Å². The summed E-state index contributed by atoms with van der Waals surface area (Å²) in [5, 5.41) is 8.15. The number of hydrogen-bond donors (Lipinski definition) is 2. The second kappa shape index (κ2) is 7.82. The van der Waals surface area contributed by atoms with E-state index in [4.69, 9.17) is 4.74 Å². The monoisotopic (exact) mass is 432 g/mol. The molecule has 4 heterocycles. The summed E-state index contributed by atoms with van der Waals surface area (Å²) >= 11 is 0. The Morgan fingerprint density at radius 1 is 1.30 bits per heavy atom. The number of ether oxygens (including phenoxy) is 1.